The summed E-state index contributed by atoms with van der Waals surface area (Å²) < 4.78 is 7.50. The Balaban J connectivity index is 1.36. The third kappa shape index (κ3) is 9.40. The molecule has 2 aromatic heterocycles. The Kier molecular flexibility index (Phi) is 10.2. The van der Waals surface area contributed by atoms with Crippen molar-refractivity contribution < 1.29 is 19.1 Å². The molecule has 226 valence electrons. The Hall–Kier alpha value is -4.70. The number of rotatable bonds is 12. The maximum Gasteiger partial charge on any atom is 0.251 e. The first-order valence-electron chi connectivity index (χ1n) is 14.3. The van der Waals surface area contributed by atoms with Crippen molar-refractivity contribution in [3.8, 4) is 5.75 Å². The predicted octanol–water partition coefficient (Wildman–Crippen LogP) is 4.38. The highest BCUT2D eigenvalue weighted by atomic mass is 16.5. The lowest BCUT2D eigenvalue weighted by Crippen LogP contribution is -2.45. The number of fused-ring (bicyclic) bond motifs is 1. The highest BCUT2D eigenvalue weighted by Crippen LogP contribution is 2.22. The number of anilines is 1. The molecule has 0 aliphatic rings. The van der Waals surface area contributed by atoms with Gasteiger partial charge in [-0.1, -0.05) is 32.9 Å². The van der Waals surface area contributed by atoms with E-state index in [-0.39, 0.29) is 29.7 Å². The molecule has 3 N–H and O–H groups in total. The number of hydrogen-bond acceptors (Lipinski definition) is 6. The van der Waals surface area contributed by atoms with Crippen LogP contribution in [0.5, 0.6) is 5.75 Å². The first kappa shape index (κ1) is 31.2. The van der Waals surface area contributed by atoms with Crippen LogP contribution in [0.25, 0.3) is 5.65 Å². The number of amides is 3. The number of nitrogens with one attached hydrogen (secondary N) is 3. The van der Waals surface area contributed by atoms with Gasteiger partial charge in [0, 0.05) is 42.8 Å². The number of hydrogen-bond donors (Lipinski definition) is 3. The van der Waals surface area contributed by atoms with Gasteiger partial charge in [-0.05, 0) is 80.0 Å². The molecule has 0 radical (unpaired) electrons. The molecule has 2 heterocycles. The van der Waals surface area contributed by atoms with Crippen LogP contribution < -0.4 is 20.7 Å². The van der Waals surface area contributed by atoms with Gasteiger partial charge in [0.1, 0.15) is 24.0 Å². The average molecular weight is 585 g/mol. The molecule has 4 aromatic rings. The maximum absolute atomic E-state index is 13.3. The van der Waals surface area contributed by atoms with E-state index in [4.69, 9.17) is 4.74 Å². The van der Waals surface area contributed by atoms with E-state index < -0.39 is 6.04 Å². The largest absolute Gasteiger partial charge is 0.492 e. The standard InChI is InChI=1S/C33H40N6O4/c1-33(2,3)20-28(32(42)36-26-11-14-29-34-15-16-39(29)22-26)37-31(41)25-8-6-7-23(19-25)21-35-30(40)24-9-12-27(13-10-24)43-18-17-38(4)5/h6-16,19,22,28H,17-18,20-21H2,1-5H3,(H,35,40)(H,36,42)(H,37,41)/t28-/m0/s1. The fourth-order valence-corrected chi connectivity index (χ4v) is 4.44. The molecule has 0 fully saturated rings. The van der Waals surface area contributed by atoms with Crippen LogP contribution in [0, 0.1) is 5.41 Å². The lowest BCUT2D eigenvalue weighted by Gasteiger charge is -2.26. The van der Waals surface area contributed by atoms with Gasteiger partial charge in [0.2, 0.25) is 5.91 Å². The molecule has 43 heavy (non-hydrogen) atoms. The number of imidazole rings is 1. The minimum absolute atomic E-state index is 0.216. The summed E-state index contributed by atoms with van der Waals surface area (Å²) in [5, 5.41) is 8.73. The normalized spacial score (nSPS) is 12.1. The van der Waals surface area contributed by atoms with Crippen molar-refractivity contribution >= 4 is 29.1 Å². The monoisotopic (exact) mass is 584 g/mol. The van der Waals surface area contributed by atoms with E-state index in [9.17, 15) is 14.4 Å². The second kappa shape index (κ2) is 14.0. The molecule has 0 aliphatic carbocycles. The van der Waals surface area contributed by atoms with Gasteiger partial charge in [0.25, 0.3) is 11.8 Å². The number of carbonyl (C=O) groups excluding carboxylic acids is 3. The molecular formula is C33H40N6O4. The summed E-state index contributed by atoms with van der Waals surface area (Å²) in [4.78, 5) is 45.6. The van der Waals surface area contributed by atoms with E-state index in [1.165, 1.54) is 0 Å². The Morgan fingerprint density at radius 1 is 0.977 bits per heavy atom. The van der Waals surface area contributed by atoms with Crippen LogP contribution in [0.4, 0.5) is 5.69 Å². The van der Waals surface area contributed by atoms with Crippen molar-refractivity contribution in [3.63, 3.8) is 0 Å². The van der Waals surface area contributed by atoms with Crippen LogP contribution in [0.1, 0.15) is 53.5 Å². The van der Waals surface area contributed by atoms with Crippen molar-refractivity contribution in [2.45, 2.75) is 39.8 Å². The highest BCUT2D eigenvalue weighted by Gasteiger charge is 2.27. The van der Waals surface area contributed by atoms with E-state index in [0.717, 1.165) is 17.8 Å². The number of ether oxygens (including phenoxy) is 1. The topological polar surface area (TPSA) is 117 Å². The molecule has 0 unspecified atom stereocenters. The van der Waals surface area contributed by atoms with Crippen molar-refractivity contribution in [2.24, 2.45) is 5.41 Å². The molecule has 2 aromatic carbocycles. The zero-order valence-corrected chi connectivity index (χ0v) is 25.4. The Morgan fingerprint density at radius 3 is 2.47 bits per heavy atom. The molecular weight excluding hydrogens is 544 g/mol. The number of likely N-dealkylation sites (N-methyl/N-ethyl adjacent to an activating group) is 1. The zero-order valence-electron chi connectivity index (χ0n) is 25.4. The van der Waals surface area contributed by atoms with Crippen molar-refractivity contribution in [1.29, 1.82) is 0 Å². The first-order valence-corrected chi connectivity index (χ1v) is 14.3. The second-order valence-corrected chi connectivity index (χ2v) is 11.9. The minimum atomic E-state index is -0.760. The summed E-state index contributed by atoms with van der Waals surface area (Å²) >= 11 is 0. The van der Waals surface area contributed by atoms with Gasteiger partial charge in [-0.25, -0.2) is 4.98 Å². The molecule has 0 bridgehead atoms. The highest BCUT2D eigenvalue weighted by molar-refractivity contribution is 6.01. The van der Waals surface area contributed by atoms with E-state index in [0.29, 0.717) is 35.6 Å². The Labute approximate surface area is 252 Å². The van der Waals surface area contributed by atoms with E-state index in [1.807, 2.05) is 56.3 Å². The van der Waals surface area contributed by atoms with Crippen molar-refractivity contribution in [1.82, 2.24) is 24.9 Å². The van der Waals surface area contributed by atoms with Crippen LogP contribution in [0.2, 0.25) is 0 Å². The van der Waals surface area contributed by atoms with E-state index >= 15 is 0 Å². The fourth-order valence-electron chi connectivity index (χ4n) is 4.44. The van der Waals surface area contributed by atoms with Gasteiger partial charge >= 0.3 is 0 Å². The van der Waals surface area contributed by atoms with Crippen LogP contribution in [0.15, 0.2) is 79.3 Å². The third-order valence-corrected chi connectivity index (χ3v) is 6.66. The number of aromatic nitrogens is 2. The van der Waals surface area contributed by atoms with Gasteiger partial charge < -0.3 is 30.0 Å². The third-order valence-electron chi connectivity index (χ3n) is 6.66. The van der Waals surface area contributed by atoms with Crippen LogP contribution in [-0.2, 0) is 11.3 Å². The Morgan fingerprint density at radius 2 is 1.74 bits per heavy atom. The molecule has 4 rings (SSSR count). The smallest absolute Gasteiger partial charge is 0.251 e. The molecule has 0 aliphatic heterocycles. The lowest BCUT2D eigenvalue weighted by molar-refractivity contribution is -0.118. The molecule has 0 saturated carbocycles. The summed E-state index contributed by atoms with van der Waals surface area (Å²) in [6, 6.07) is 16.8. The Bertz CT molecular complexity index is 1560. The van der Waals surface area contributed by atoms with Crippen molar-refractivity contribution in [3.05, 3.63) is 95.9 Å². The maximum atomic E-state index is 13.3. The van der Waals surface area contributed by atoms with Gasteiger partial charge in [-0.2, -0.15) is 0 Å². The average Bonchev–Trinajstić information content (AvgIpc) is 3.43. The fraction of sp³-hybridized carbons (Fsp3) is 0.333. The van der Waals surface area contributed by atoms with Crippen LogP contribution in [-0.4, -0.2) is 65.3 Å². The summed E-state index contributed by atoms with van der Waals surface area (Å²) in [5.74, 6) is -0.201. The van der Waals surface area contributed by atoms with Gasteiger partial charge in [0.05, 0.1) is 5.69 Å². The molecule has 3 amide bonds. The van der Waals surface area contributed by atoms with Gasteiger partial charge in [-0.3, -0.25) is 14.4 Å². The second-order valence-electron chi connectivity index (χ2n) is 11.9. The molecule has 10 nitrogen and oxygen atoms in total. The van der Waals surface area contributed by atoms with Gasteiger partial charge in [0.15, 0.2) is 0 Å². The lowest BCUT2D eigenvalue weighted by atomic mass is 9.87. The molecule has 0 spiro atoms. The zero-order chi connectivity index (χ0) is 31.0. The quantitative estimate of drug-likeness (QED) is 0.228. The number of benzene rings is 2. The summed E-state index contributed by atoms with van der Waals surface area (Å²) in [6.07, 6.45) is 5.70. The summed E-state index contributed by atoms with van der Waals surface area (Å²) in [6.45, 7) is 7.66. The number of carbonyl (C=O) groups is 3. The van der Waals surface area contributed by atoms with Crippen LogP contribution in [0.3, 0.4) is 0 Å². The summed E-state index contributed by atoms with van der Waals surface area (Å²) in [5.41, 5.74) is 2.83. The van der Waals surface area contributed by atoms with Crippen LogP contribution >= 0.6 is 0 Å². The van der Waals surface area contributed by atoms with E-state index in [2.05, 4.69) is 20.9 Å². The number of nitrogens with zero attached hydrogens (tertiary/aromatic N) is 3. The summed E-state index contributed by atoms with van der Waals surface area (Å²) in [7, 11) is 3.96. The number of pyridine rings is 1. The van der Waals surface area contributed by atoms with Crippen molar-refractivity contribution in [2.75, 3.05) is 32.6 Å². The SMILES string of the molecule is CN(C)CCOc1ccc(C(=O)NCc2cccc(C(=O)N[C@@H](CC(C)(C)C)C(=O)Nc3ccc4nccn4c3)c2)cc1. The first-order chi connectivity index (χ1) is 20.5. The minimum Gasteiger partial charge on any atom is -0.492 e. The molecule has 1 atom stereocenters. The van der Waals surface area contributed by atoms with E-state index in [1.54, 1.807) is 67.1 Å². The predicted molar refractivity (Wildman–Crippen MR) is 167 cm³/mol. The molecule has 0 saturated heterocycles. The molecule has 10 heteroatoms. The van der Waals surface area contributed by atoms with Gasteiger partial charge in [-0.15, -0.1) is 0 Å².